The van der Waals surface area contributed by atoms with Gasteiger partial charge in [0.05, 0.1) is 25.0 Å². The number of amides is 1. The van der Waals surface area contributed by atoms with Crippen LogP contribution in [0.1, 0.15) is 34.1 Å². The van der Waals surface area contributed by atoms with E-state index in [-0.39, 0.29) is 17.9 Å². The Kier molecular flexibility index (Phi) is 7.52. The van der Waals surface area contributed by atoms with Crippen LogP contribution in [0.25, 0.3) is 0 Å². The SMILES string of the molecule is COCCCN1C(=O)C(O)=C(C(=O)c2ccco2)[C@H]1c1ccc(OCc2ccccc2)c(OC)c1. The molecule has 35 heavy (non-hydrogen) atoms. The van der Waals surface area contributed by atoms with E-state index < -0.39 is 23.5 Å². The van der Waals surface area contributed by atoms with E-state index >= 15 is 0 Å². The highest BCUT2D eigenvalue weighted by Crippen LogP contribution is 2.42. The molecular formula is C27H27NO7. The summed E-state index contributed by atoms with van der Waals surface area (Å²) in [5.74, 6) is -0.760. The van der Waals surface area contributed by atoms with E-state index in [4.69, 9.17) is 18.6 Å². The van der Waals surface area contributed by atoms with Crippen molar-refractivity contribution in [2.45, 2.75) is 19.1 Å². The van der Waals surface area contributed by atoms with Crippen LogP contribution >= 0.6 is 0 Å². The van der Waals surface area contributed by atoms with Crippen LogP contribution < -0.4 is 9.47 Å². The maximum absolute atomic E-state index is 13.2. The van der Waals surface area contributed by atoms with E-state index in [1.54, 1.807) is 31.4 Å². The lowest BCUT2D eigenvalue weighted by molar-refractivity contribution is -0.129. The van der Waals surface area contributed by atoms with Crippen LogP contribution in [0.15, 0.2) is 82.7 Å². The summed E-state index contributed by atoms with van der Waals surface area (Å²) in [7, 11) is 3.09. The average molecular weight is 478 g/mol. The second-order valence-electron chi connectivity index (χ2n) is 8.00. The molecule has 182 valence electrons. The first-order valence-corrected chi connectivity index (χ1v) is 11.2. The number of aliphatic hydroxyl groups is 1. The highest BCUT2D eigenvalue weighted by atomic mass is 16.5. The van der Waals surface area contributed by atoms with Crippen molar-refractivity contribution in [1.29, 1.82) is 0 Å². The van der Waals surface area contributed by atoms with Crippen molar-refractivity contribution >= 4 is 11.7 Å². The zero-order valence-electron chi connectivity index (χ0n) is 19.6. The molecule has 0 spiro atoms. The molecule has 0 saturated carbocycles. The quantitative estimate of drug-likeness (QED) is 0.321. The minimum atomic E-state index is -0.825. The fraction of sp³-hybridized carbons (Fsp3) is 0.259. The van der Waals surface area contributed by atoms with Crippen molar-refractivity contribution in [1.82, 2.24) is 4.90 Å². The van der Waals surface area contributed by atoms with Crippen LogP contribution in [0.5, 0.6) is 11.5 Å². The molecule has 1 aliphatic heterocycles. The van der Waals surface area contributed by atoms with Crippen molar-refractivity contribution in [3.63, 3.8) is 0 Å². The molecule has 3 aromatic rings. The topological polar surface area (TPSA) is 98.4 Å². The predicted octanol–water partition coefficient (Wildman–Crippen LogP) is 4.48. The molecule has 2 heterocycles. The lowest BCUT2D eigenvalue weighted by Gasteiger charge is -2.27. The minimum Gasteiger partial charge on any atom is -0.503 e. The third-order valence-electron chi connectivity index (χ3n) is 5.78. The number of benzene rings is 2. The summed E-state index contributed by atoms with van der Waals surface area (Å²) in [6.07, 6.45) is 1.90. The lowest BCUT2D eigenvalue weighted by Crippen LogP contribution is -2.32. The van der Waals surface area contributed by atoms with Crippen molar-refractivity contribution in [2.24, 2.45) is 0 Å². The number of rotatable bonds is 11. The predicted molar refractivity (Wildman–Crippen MR) is 127 cm³/mol. The number of furan rings is 1. The van der Waals surface area contributed by atoms with Gasteiger partial charge in [-0.1, -0.05) is 36.4 Å². The second kappa shape index (κ2) is 10.9. The van der Waals surface area contributed by atoms with Gasteiger partial charge in [0.25, 0.3) is 5.91 Å². The van der Waals surface area contributed by atoms with Gasteiger partial charge < -0.3 is 28.6 Å². The van der Waals surface area contributed by atoms with Crippen LogP contribution in [0.4, 0.5) is 0 Å². The summed E-state index contributed by atoms with van der Waals surface area (Å²) in [6.45, 7) is 1.06. The molecule has 1 aromatic heterocycles. The monoisotopic (exact) mass is 477 g/mol. The maximum Gasteiger partial charge on any atom is 0.290 e. The molecule has 4 rings (SSSR count). The third kappa shape index (κ3) is 5.07. The molecule has 1 aliphatic rings. The van der Waals surface area contributed by atoms with Gasteiger partial charge in [-0.3, -0.25) is 9.59 Å². The van der Waals surface area contributed by atoms with Crippen LogP contribution in [0.2, 0.25) is 0 Å². The smallest absolute Gasteiger partial charge is 0.290 e. The van der Waals surface area contributed by atoms with Crippen LogP contribution in [0, 0.1) is 0 Å². The number of ketones is 1. The van der Waals surface area contributed by atoms with Gasteiger partial charge in [0, 0.05) is 20.3 Å². The van der Waals surface area contributed by atoms with Gasteiger partial charge in [-0.15, -0.1) is 0 Å². The van der Waals surface area contributed by atoms with Crippen molar-refractivity contribution < 1.29 is 33.3 Å². The van der Waals surface area contributed by atoms with Crippen molar-refractivity contribution in [3.8, 4) is 11.5 Å². The van der Waals surface area contributed by atoms with Gasteiger partial charge in [0.2, 0.25) is 5.78 Å². The van der Waals surface area contributed by atoms with E-state index in [9.17, 15) is 14.7 Å². The molecule has 0 fully saturated rings. The number of ether oxygens (including phenoxy) is 3. The molecule has 2 aromatic carbocycles. The Morgan fingerprint density at radius 1 is 1.06 bits per heavy atom. The van der Waals surface area contributed by atoms with Gasteiger partial charge in [0.15, 0.2) is 23.0 Å². The summed E-state index contributed by atoms with van der Waals surface area (Å²) in [5.41, 5.74) is 1.56. The van der Waals surface area contributed by atoms with E-state index in [0.29, 0.717) is 36.7 Å². The summed E-state index contributed by atoms with van der Waals surface area (Å²) in [5, 5.41) is 10.7. The van der Waals surface area contributed by atoms with Gasteiger partial charge in [0.1, 0.15) is 6.61 Å². The normalized spacial score (nSPS) is 15.5. The Labute approximate surface area is 203 Å². The lowest BCUT2D eigenvalue weighted by atomic mass is 9.94. The highest BCUT2D eigenvalue weighted by Gasteiger charge is 2.44. The maximum atomic E-state index is 13.2. The summed E-state index contributed by atoms with van der Waals surface area (Å²) < 4.78 is 21.9. The number of carbonyl (C=O) groups excluding carboxylic acids is 2. The highest BCUT2D eigenvalue weighted by molar-refractivity contribution is 6.15. The Balaban J connectivity index is 1.68. The molecule has 8 heteroatoms. The fourth-order valence-electron chi connectivity index (χ4n) is 4.09. The van der Waals surface area contributed by atoms with Gasteiger partial charge >= 0.3 is 0 Å². The number of aliphatic hydroxyl groups excluding tert-OH is 1. The summed E-state index contributed by atoms with van der Waals surface area (Å²) in [4.78, 5) is 27.7. The van der Waals surface area contributed by atoms with Gasteiger partial charge in [-0.2, -0.15) is 0 Å². The van der Waals surface area contributed by atoms with E-state index in [0.717, 1.165) is 5.56 Å². The zero-order valence-corrected chi connectivity index (χ0v) is 19.6. The Morgan fingerprint density at radius 2 is 1.86 bits per heavy atom. The van der Waals surface area contributed by atoms with Crippen LogP contribution in [-0.2, 0) is 16.1 Å². The molecule has 8 nitrogen and oxygen atoms in total. The number of methoxy groups -OCH3 is 2. The molecule has 0 aliphatic carbocycles. The Hall–Kier alpha value is -4.04. The molecule has 0 unspecified atom stereocenters. The number of hydrogen-bond donors (Lipinski definition) is 1. The van der Waals surface area contributed by atoms with Gasteiger partial charge in [-0.05, 0) is 41.8 Å². The fourth-order valence-corrected chi connectivity index (χ4v) is 4.09. The number of carbonyl (C=O) groups is 2. The molecule has 0 bridgehead atoms. The third-order valence-corrected chi connectivity index (χ3v) is 5.78. The van der Waals surface area contributed by atoms with Crippen LogP contribution in [0.3, 0.4) is 0 Å². The van der Waals surface area contributed by atoms with Gasteiger partial charge in [-0.25, -0.2) is 0 Å². The van der Waals surface area contributed by atoms with Crippen LogP contribution in [-0.4, -0.2) is 49.1 Å². The molecule has 0 radical (unpaired) electrons. The number of nitrogens with zero attached hydrogens (tertiary/aromatic N) is 1. The molecular weight excluding hydrogens is 450 g/mol. The van der Waals surface area contributed by atoms with Crippen molar-refractivity contribution in [2.75, 3.05) is 27.4 Å². The number of hydrogen-bond acceptors (Lipinski definition) is 7. The Bertz CT molecular complexity index is 1200. The average Bonchev–Trinajstić information content (AvgIpc) is 3.51. The molecule has 1 atom stereocenters. The van der Waals surface area contributed by atoms with E-state index in [1.807, 2.05) is 30.3 Å². The first kappa shape index (κ1) is 24.1. The summed E-state index contributed by atoms with van der Waals surface area (Å²) >= 11 is 0. The number of Topliss-reactive ketones (excluding diaryl/α,β-unsaturated/α-hetero) is 1. The molecule has 0 saturated heterocycles. The standard InChI is InChI=1S/C27H27NO7/c1-32-14-7-13-28-24(23(26(30)27(28)31)25(29)21-10-6-15-34-21)19-11-12-20(22(16-19)33-2)35-17-18-8-4-3-5-9-18/h3-6,8-12,15-16,24,30H,7,13-14,17H2,1-2H3/t24-/m1/s1. The Morgan fingerprint density at radius 3 is 2.54 bits per heavy atom. The first-order chi connectivity index (χ1) is 17.0. The van der Waals surface area contributed by atoms with Crippen molar-refractivity contribution in [3.05, 3.63) is 95.1 Å². The second-order valence-corrected chi connectivity index (χ2v) is 8.00. The molecule has 1 amide bonds. The minimum absolute atomic E-state index is 0.0395. The zero-order chi connectivity index (χ0) is 24.8. The largest absolute Gasteiger partial charge is 0.503 e. The summed E-state index contributed by atoms with van der Waals surface area (Å²) in [6, 6.07) is 17.2. The van der Waals surface area contributed by atoms with E-state index in [1.165, 1.54) is 24.3 Å². The first-order valence-electron chi connectivity index (χ1n) is 11.2. The van der Waals surface area contributed by atoms with E-state index in [2.05, 4.69) is 0 Å². The molecule has 1 N–H and O–H groups in total.